The summed E-state index contributed by atoms with van der Waals surface area (Å²) in [6.07, 6.45) is 0.391. The Morgan fingerprint density at radius 2 is 2.00 bits per heavy atom. The van der Waals surface area contributed by atoms with Gasteiger partial charge in [0.2, 0.25) is 5.91 Å². The van der Waals surface area contributed by atoms with Gasteiger partial charge in [-0.1, -0.05) is 0 Å². The molecule has 0 fully saturated rings. The van der Waals surface area contributed by atoms with Gasteiger partial charge in [-0.3, -0.25) is 4.79 Å². The van der Waals surface area contributed by atoms with Crippen LogP contribution in [0.2, 0.25) is 6.82 Å². The highest BCUT2D eigenvalue weighted by atomic mass is 16.2. The molecule has 0 aliphatic rings. The molecule has 0 radical (unpaired) electrons. The van der Waals surface area contributed by atoms with E-state index in [4.69, 9.17) is 5.02 Å². The minimum absolute atomic E-state index is 0.000602. The van der Waals surface area contributed by atoms with Crippen molar-refractivity contribution in [2.24, 2.45) is 0 Å². The Kier molecular flexibility index (Phi) is 5.02. The highest BCUT2D eigenvalue weighted by Gasteiger charge is 2.13. The second-order valence-corrected chi connectivity index (χ2v) is 4.18. The van der Waals surface area contributed by atoms with Gasteiger partial charge in [-0.15, -0.1) is 0 Å². The van der Waals surface area contributed by atoms with Gasteiger partial charge in [-0.2, -0.15) is 0 Å². The monoisotopic (exact) mass is 186 g/mol. The Morgan fingerprint density at radius 1 is 1.46 bits per heavy atom. The molecule has 0 aliphatic heterocycles. The van der Waals surface area contributed by atoms with Gasteiger partial charge in [0.05, 0.1) is 0 Å². The molecule has 13 heavy (non-hydrogen) atoms. The Labute approximate surface area is 80.2 Å². The van der Waals surface area contributed by atoms with E-state index >= 15 is 0 Å². The number of carbonyl (C=O) groups is 1. The van der Waals surface area contributed by atoms with E-state index in [1.807, 2.05) is 20.8 Å². The molecule has 0 aromatic heterocycles. The van der Waals surface area contributed by atoms with Crippen molar-refractivity contribution in [1.82, 2.24) is 10.5 Å². The van der Waals surface area contributed by atoms with Gasteiger partial charge < -0.3 is 15.6 Å². The van der Waals surface area contributed by atoms with Gasteiger partial charge in [0.25, 0.3) is 0 Å². The molecule has 1 amide bonds. The molecule has 0 aliphatic carbocycles. The molecule has 0 saturated heterocycles. The van der Waals surface area contributed by atoms with Crippen molar-refractivity contribution in [3.63, 3.8) is 0 Å². The molecule has 0 atom stereocenters. The SMILES string of the molecule is CB(O)NCCC(=O)NC(C)(C)C. The number of rotatable bonds is 4. The summed E-state index contributed by atoms with van der Waals surface area (Å²) in [7, 11) is -0.553. The topological polar surface area (TPSA) is 61.4 Å². The minimum Gasteiger partial charge on any atom is -0.437 e. The number of amides is 1. The van der Waals surface area contributed by atoms with Crippen LogP contribution in [0.15, 0.2) is 0 Å². The summed E-state index contributed by atoms with van der Waals surface area (Å²) in [5.74, 6) is 0.000602. The third-order valence-corrected chi connectivity index (χ3v) is 1.31. The van der Waals surface area contributed by atoms with E-state index in [2.05, 4.69) is 10.5 Å². The van der Waals surface area contributed by atoms with Gasteiger partial charge in [-0.25, -0.2) is 0 Å². The van der Waals surface area contributed by atoms with Crippen LogP contribution in [0, 0.1) is 0 Å². The molecule has 0 heterocycles. The smallest absolute Gasteiger partial charge is 0.373 e. The molecular weight excluding hydrogens is 167 g/mol. The molecule has 5 heteroatoms. The van der Waals surface area contributed by atoms with Crippen molar-refractivity contribution in [3.8, 4) is 0 Å². The number of hydrogen-bond acceptors (Lipinski definition) is 3. The molecule has 0 spiro atoms. The summed E-state index contributed by atoms with van der Waals surface area (Å²) in [5, 5.41) is 14.4. The first kappa shape index (κ1) is 12.5. The van der Waals surface area contributed by atoms with Crippen molar-refractivity contribution in [2.45, 2.75) is 39.6 Å². The highest BCUT2D eigenvalue weighted by Crippen LogP contribution is 1.98. The lowest BCUT2D eigenvalue weighted by Gasteiger charge is -2.20. The van der Waals surface area contributed by atoms with Crippen molar-refractivity contribution < 1.29 is 9.82 Å². The fraction of sp³-hybridized carbons (Fsp3) is 0.875. The zero-order valence-corrected chi connectivity index (χ0v) is 8.85. The van der Waals surface area contributed by atoms with E-state index in [-0.39, 0.29) is 11.4 Å². The van der Waals surface area contributed by atoms with E-state index in [9.17, 15) is 4.79 Å². The summed E-state index contributed by atoms with van der Waals surface area (Å²) < 4.78 is 0. The Hall–Kier alpha value is -0.545. The summed E-state index contributed by atoms with van der Waals surface area (Å²) in [4.78, 5) is 11.2. The summed E-state index contributed by atoms with van der Waals surface area (Å²) in [6, 6.07) is 0. The number of nitrogens with one attached hydrogen (secondary N) is 2. The van der Waals surface area contributed by atoms with Crippen molar-refractivity contribution in [1.29, 1.82) is 0 Å². The van der Waals surface area contributed by atoms with Gasteiger partial charge >= 0.3 is 7.05 Å². The maximum absolute atomic E-state index is 11.2. The van der Waals surface area contributed by atoms with E-state index in [1.54, 1.807) is 6.82 Å². The molecule has 0 aromatic carbocycles. The van der Waals surface area contributed by atoms with Crippen LogP contribution in [0.5, 0.6) is 0 Å². The average Bonchev–Trinajstić information content (AvgIpc) is 1.81. The van der Waals surface area contributed by atoms with E-state index in [0.29, 0.717) is 13.0 Å². The number of hydrogen-bond donors (Lipinski definition) is 3. The maximum Gasteiger partial charge on any atom is 0.373 e. The Morgan fingerprint density at radius 3 is 2.38 bits per heavy atom. The van der Waals surface area contributed by atoms with E-state index in [0.717, 1.165) is 0 Å². The first-order chi connectivity index (χ1) is 5.81. The van der Waals surface area contributed by atoms with Crippen LogP contribution in [-0.4, -0.2) is 30.1 Å². The minimum atomic E-state index is -0.553. The van der Waals surface area contributed by atoms with Crippen LogP contribution >= 0.6 is 0 Å². The fourth-order valence-electron chi connectivity index (χ4n) is 0.875. The molecule has 0 unspecified atom stereocenters. The van der Waals surface area contributed by atoms with Crippen LogP contribution in [0.3, 0.4) is 0 Å². The van der Waals surface area contributed by atoms with Crippen molar-refractivity contribution in [2.75, 3.05) is 6.54 Å². The van der Waals surface area contributed by atoms with Crippen LogP contribution in [0.4, 0.5) is 0 Å². The van der Waals surface area contributed by atoms with E-state index in [1.165, 1.54) is 0 Å². The lowest BCUT2D eigenvalue weighted by Crippen LogP contribution is -2.42. The summed E-state index contributed by atoms with van der Waals surface area (Å²) >= 11 is 0. The van der Waals surface area contributed by atoms with Gasteiger partial charge in [0.1, 0.15) is 0 Å². The predicted octanol–water partition coefficient (Wildman–Crippen LogP) is -0.00890. The standard InChI is InChI=1S/C8H19BN2O2/c1-8(2,3)11-7(12)5-6-10-9(4)13/h10,13H,5-6H2,1-4H3,(H,11,12). The first-order valence-corrected chi connectivity index (χ1v) is 4.54. The van der Waals surface area contributed by atoms with Crippen LogP contribution < -0.4 is 10.5 Å². The van der Waals surface area contributed by atoms with Crippen LogP contribution in [-0.2, 0) is 4.79 Å². The molecular formula is C8H19BN2O2. The molecule has 0 saturated carbocycles. The lowest BCUT2D eigenvalue weighted by atomic mass is 9.89. The van der Waals surface area contributed by atoms with Gasteiger partial charge in [-0.05, 0) is 34.1 Å². The summed E-state index contributed by atoms with van der Waals surface area (Å²) in [5.41, 5.74) is -0.179. The quantitative estimate of drug-likeness (QED) is 0.541. The fourth-order valence-corrected chi connectivity index (χ4v) is 0.875. The van der Waals surface area contributed by atoms with Gasteiger partial charge in [0, 0.05) is 12.0 Å². The predicted molar refractivity (Wildman–Crippen MR) is 54.4 cm³/mol. The Bertz CT molecular complexity index is 166. The molecule has 0 rings (SSSR count). The van der Waals surface area contributed by atoms with E-state index < -0.39 is 7.05 Å². The van der Waals surface area contributed by atoms with Crippen molar-refractivity contribution in [3.05, 3.63) is 0 Å². The second-order valence-electron chi connectivity index (χ2n) is 4.18. The zero-order valence-electron chi connectivity index (χ0n) is 8.85. The third-order valence-electron chi connectivity index (χ3n) is 1.31. The molecule has 3 N–H and O–H groups in total. The first-order valence-electron chi connectivity index (χ1n) is 4.54. The van der Waals surface area contributed by atoms with Gasteiger partial charge in [0.15, 0.2) is 0 Å². The number of carbonyl (C=O) groups excluding carboxylic acids is 1. The second kappa shape index (κ2) is 5.24. The normalized spacial score (nSPS) is 11.2. The summed E-state index contributed by atoms with van der Waals surface area (Å²) in [6.45, 7) is 7.94. The van der Waals surface area contributed by atoms with Crippen LogP contribution in [0.1, 0.15) is 27.2 Å². The molecule has 0 aromatic rings. The van der Waals surface area contributed by atoms with Crippen molar-refractivity contribution >= 4 is 13.0 Å². The average molecular weight is 186 g/mol. The lowest BCUT2D eigenvalue weighted by molar-refractivity contribution is -0.122. The molecule has 0 bridgehead atoms. The van der Waals surface area contributed by atoms with Crippen LogP contribution in [0.25, 0.3) is 0 Å². The highest BCUT2D eigenvalue weighted by molar-refractivity contribution is 6.45. The molecule has 4 nitrogen and oxygen atoms in total. The third kappa shape index (κ3) is 9.37. The Balaban J connectivity index is 3.53. The largest absolute Gasteiger partial charge is 0.437 e. The molecule has 76 valence electrons. The maximum atomic E-state index is 11.2. The zero-order chi connectivity index (χ0) is 10.5.